The number of rotatable bonds is 2. The van der Waals surface area contributed by atoms with Gasteiger partial charge < -0.3 is 4.74 Å². The van der Waals surface area contributed by atoms with Gasteiger partial charge in [0.05, 0.1) is 6.10 Å². The molecule has 0 amide bonds. The van der Waals surface area contributed by atoms with Gasteiger partial charge >= 0.3 is 6.18 Å². The first kappa shape index (κ1) is 9.84. The molecule has 1 nitrogen and oxygen atoms in total. The first-order chi connectivity index (χ1) is 5.58. The van der Waals surface area contributed by atoms with Gasteiger partial charge in [0.15, 0.2) is 0 Å². The predicted molar refractivity (Wildman–Crippen MR) is 38.6 cm³/mol. The molecule has 0 aromatic rings. The number of hydrogen-bond donors (Lipinski definition) is 0. The van der Waals surface area contributed by atoms with Crippen LogP contribution in [-0.4, -0.2) is 18.9 Å². The van der Waals surface area contributed by atoms with Crippen LogP contribution < -0.4 is 0 Å². The third-order valence-electron chi connectivity index (χ3n) is 1.85. The molecule has 0 N–H and O–H groups in total. The van der Waals surface area contributed by atoms with E-state index < -0.39 is 12.8 Å². The Kier molecular flexibility index (Phi) is 3.38. The van der Waals surface area contributed by atoms with E-state index >= 15 is 0 Å². The van der Waals surface area contributed by atoms with Crippen molar-refractivity contribution in [1.82, 2.24) is 0 Å². The average Bonchev–Trinajstić information content (AvgIpc) is 2.02. The predicted octanol–water partition coefficient (Wildman–Crippen LogP) is 2.71. The van der Waals surface area contributed by atoms with E-state index in [0.717, 1.165) is 19.3 Å². The van der Waals surface area contributed by atoms with Crippen LogP contribution in [0.1, 0.15) is 25.7 Å². The van der Waals surface area contributed by atoms with Crippen LogP contribution >= 0.6 is 0 Å². The maximum Gasteiger partial charge on any atom is 0.411 e. The molecule has 1 saturated carbocycles. The number of halogens is 3. The Bertz CT molecular complexity index is 127. The summed E-state index contributed by atoms with van der Waals surface area (Å²) in [5.74, 6) is 0. The van der Waals surface area contributed by atoms with Gasteiger partial charge in [-0.3, -0.25) is 0 Å². The van der Waals surface area contributed by atoms with E-state index in [1.54, 1.807) is 0 Å². The monoisotopic (exact) mass is 181 g/mol. The van der Waals surface area contributed by atoms with Crippen molar-refractivity contribution >= 4 is 0 Å². The second kappa shape index (κ2) is 4.12. The molecule has 1 radical (unpaired) electrons. The van der Waals surface area contributed by atoms with Gasteiger partial charge in [-0.1, -0.05) is 6.42 Å². The number of alkyl halides is 3. The fraction of sp³-hybridized carbons (Fsp3) is 0.875. The molecule has 0 saturated heterocycles. The van der Waals surface area contributed by atoms with Crippen molar-refractivity contribution < 1.29 is 17.9 Å². The summed E-state index contributed by atoms with van der Waals surface area (Å²) < 4.78 is 39.7. The van der Waals surface area contributed by atoms with Crippen LogP contribution in [0.3, 0.4) is 0 Å². The molecule has 1 aliphatic carbocycles. The van der Waals surface area contributed by atoms with Crippen molar-refractivity contribution in [3.8, 4) is 0 Å². The molecule has 4 heteroatoms. The van der Waals surface area contributed by atoms with Crippen LogP contribution in [0.25, 0.3) is 0 Å². The van der Waals surface area contributed by atoms with Gasteiger partial charge in [0.2, 0.25) is 0 Å². The summed E-state index contributed by atoms with van der Waals surface area (Å²) in [4.78, 5) is 0. The highest BCUT2D eigenvalue weighted by atomic mass is 19.4. The summed E-state index contributed by atoms with van der Waals surface area (Å²) in [5.41, 5.74) is 0. The Morgan fingerprint density at radius 1 is 1.42 bits per heavy atom. The Morgan fingerprint density at radius 3 is 2.67 bits per heavy atom. The lowest BCUT2D eigenvalue weighted by atomic mass is 9.98. The average molecular weight is 181 g/mol. The van der Waals surface area contributed by atoms with E-state index in [1.165, 1.54) is 0 Å². The van der Waals surface area contributed by atoms with Crippen LogP contribution in [0, 0.1) is 6.42 Å². The normalized spacial score (nSPS) is 21.2. The molecule has 0 spiro atoms. The largest absolute Gasteiger partial charge is 0.411 e. The zero-order valence-electron chi connectivity index (χ0n) is 6.73. The first-order valence-electron chi connectivity index (χ1n) is 4.08. The molecule has 1 rings (SSSR count). The highest BCUT2D eigenvalue weighted by Crippen LogP contribution is 2.22. The van der Waals surface area contributed by atoms with E-state index in [1.807, 2.05) is 6.42 Å². The SMILES string of the molecule is FC(F)(F)COC1C[CH]CCC1. The molecular weight excluding hydrogens is 169 g/mol. The Hall–Kier alpha value is -0.250. The van der Waals surface area contributed by atoms with Crippen molar-refractivity contribution in [2.45, 2.75) is 38.0 Å². The second-order valence-electron chi connectivity index (χ2n) is 3.00. The molecule has 1 unspecified atom stereocenters. The minimum atomic E-state index is -4.18. The van der Waals surface area contributed by atoms with Crippen LogP contribution in [-0.2, 0) is 4.74 Å². The van der Waals surface area contributed by atoms with Gasteiger partial charge in [-0.05, 0) is 25.7 Å². The topological polar surface area (TPSA) is 9.23 Å². The maximum absolute atomic E-state index is 11.7. The highest BCUT2D eigenvalue weighted by molar-refractivity contribution is 4.78. The molecule has 0 aromatic heterocycles. The lowest BCUT2D eigenvalue weighted by molar-refractivity contribution is -0.186. The van der Waals surface area contributed by atoms with Crippen molar-refractivity contribution in [1.29, 1.82) is 0 Å². The van der Waals surface area contributed by atoms with E-state index in [9.17, 15) is 13.2 Å². The molecule has 71 valence electrons. The Morgan fingerprint density at radius 2 is 2.17 bits per heavy atom. The standard InChI is InChI=1S/C8H12F3O/c9-8(10,11)6-12-7-4-2-1-3-5-7/h2,7H,1,3-6H2. The maximum atomic E-state index is 11.7. The molecule has 1 fully saturated rings. The minimum Gasteiger partial charge on any atom is -0.369 e. The summed E-state index contributed by atoms with van der Waals surface area (Å²) in [5, 5.41) is 0. The van der Waals surface area contributed by atoms with E-state index in [2.05, 4.69) is 0 Å². The Balaban J connectivity index is 2.13. The third-order valence-corrected chi connectivity index (χ3v) is 1.85. The molecule has 0 aromatic carbocycles. The van der Waals surface area contributed by atoms with Crippen LogP contribution in [0.5, 0.6) is 0 Å². The molecule has 0 bridgehead atoms. The number of ether oxygens (including phenoxy) is 1. The highest BCUT2D eigenvalue weighted by Gasteiger charge is 2.29. The molecule has 0 heterocycles. The lowest BCUT2D eigenvalue weighted by Crippen LogP contribution is -2.25. The fourth-order valence-corrected chi connectivity index (χ4v) is 1.28. The summed E-state index contributed by atoms with van der Waals surface area (Å²) in [6.07, 6.45) is 0.972. The van der Waals surface area contributed by atoms with Crippen LogP contribution in [0.4, 0.5) is 13.2 Å². The van der Waals surface area contributed by atoms with Gasteiger partial charge in [0.1, 0.15) is 6.61 Å². The van der Waals surface area contributed by atoms with Gasteiger partial charge in [-0.2, -0.15) is 13.2 Å². The third kappa shape index (κ3) is 3.95. The first-order valence-corrected chi connectivity index (χ1v) is 4.08. The molecule has 1 atom stereocenters. The van der Waals surface area contributed by atoms with E-state index in [0.29, 0.717) is 6.42 Å². The molecule has 0 aliphatic heterocycles. The summed E-state index contributed by atoms with van der Waals surface area (Å²) in [6, 6.07) is 0. The lowest BCUT2D eigenvalue weighted by Gasteiger charge is -2.22. The Labute approximate surface area is 69.9 Å². The quantitative estimate of drug-likeness (QED) is 0.636. The zero-order chi connectivity index (χ0) is 9.03. The summed E-state index contributed by atoms with van der Waals surface area (Å²) in [7, 11) is 0. The van der Waals surface area contributed by atoms with Gasteiger partial charge in [-0.15, -0.1) is 0 Å². The number of hydrogen-bond acceptors (Lipinski definition) is 1. The zero-order valence-corrected chi connectivity index (χ0v) is 6.73. The molecule has 12 heavy (non-hydrogen) atoms. The van der Waals surface area contributed by atoms with Crippen molar-refractivity contribution in [2.75, 3.05) is 6.61 Å². The van der Waals surface area contributed by atoms with Gasteiger partial charge in [0.25, 0.3) is 0 Å². The molecular formula is C8H12F3O. The summed E-state index contributed by atoms with van der Waals surface area (Å²) in [6.45, 7) is -1.11. The summed E-state index contributed by atoms with van der Waals surface area (Å²) >= 11 is 0. The van der Waals surface area contributed by atoms with E-state index in [4.69, 9.17) is 4.74 Å². The van der Waals surface area contributed by atoms with Crippen LogP contribution in [0.2, 0.25) is 0 Å². The second-order valence-corrected chi connectivity index (χ2v) is 3.00. The van der Waals surface area contributed by atoms with Gasteiger partial charge in [-0.25, -0.2) is 0 Å². The minimum absolute atomic E-state index is 0.208. The fourth-order valence-electron chi connectivity index (χ4n) is 1.28. The van der Waals surface area contributed by atoms with Crippen LogP contribution in [0.15, 0.2) is 0 Å². The van der Waals surface area contributed by atoms with Crippen molar-refractivity contribution in [3.05, 3.63) is 6.42 Å². The van der Waals surface area contributed by atoms with Crippen molar-refractivity contribution in [3.63, 3.8) is 0 Å². The van der Waals surface area contributed by atoms with E-state index in [-0.39, 0.29) is 6.10 Å². The van der Waals surface area contributed by atoms with Gasteiger partial charge in [0, 0.05) is 0 Å². The van der Waals surface area contributed by atoms with Crippen molar-refractivity contribution in [2.24, 2.45) is 0 Å². The smallest absolute Gasteiger partial charge is 0.369 e. The molecule has 1 aliphatic rings.